The second-order valence-electron chi connectivity index (χ2n) is 11.1. The summed E-state index contributed by atoms with van der Waals surface area (Å²) < 4.78 is 25.2. The van der Waals surface area contributed by atoms with Gasteiger partial charge in [0.25, 0.3) is 0 Å². The Kier molecular flexibility index (Phi) is 7.31. The molecule has 0 aliphatic carbocycles. The largest absolute Gasteiger partial charge is 0.493 e. The molecular formula is C33H28ClN5O6. The Hall–Kier alpha value is -5.05. The van der Waals surface area contributed by atoms with E-state index in [9.17, 15) is 15.4 Å². The van der Waals surface area contributed by atoms with Gasteiger partial charge in [0.05, 0.1) is 7.11 Å². The second kappa shape index (κ2) is 11.5. The fourth-order valence-electron chi connectivity index (χ4n) is 6.43. The molecule has 0 fully saturated rings. The Morgan fingerprint density at radius 3 is 2.78 bits per heavy atom. The number of fused-ring (bicyclic) bond motifs is 5. The van der Waals surface area contributed by atoms with E-state index in [1.54, 1.807) is 20.1 Å². The van der Waals surface area contributed by atoms with E-state index in [0.717, 1.165) is 46.7 Å². The number of methoxy groups -OCH3 is 1. The third kappa shape index (κ3) is 5.12. The Bertz CT molecular complexity index is 1930. The van der Waals surface area contributed by atoms with E-state index in [-0.39, 0.29) is 31.0 Å². The van der Waals surface area contributed by atoms with Crippen LogP contribution in [0.3, 0.4) is 0 Å². The van der Waals surface area contributed by atoms with Gasteiger partial charge in [-0.05, 0) is 75.3 Å². The number of nitro groups is 1. The molecule has 0 amide bonds. The van der Waals surface area contributed by atoms with Crippen molar-refractivity contribution in [1.82, 2.24) is 14.5 Å². The lowest BCUT2D eigenvalue weighted by Gasteiger charge is -2.42. The fourth-order valence-corrected chi connectivity index (χ4v) is 6.62. The van der Waals surface area contributed by atoms with Gasteiger partial charge in [0.15, 0.2) is 23.0 Å². The number of halogens is 1. The molecule has 0 saturated carbocycles. The number of benzene rings is 3. The third-order valence-corrected chi connectivity index (χ3v) is 9.00. The zero-order valence-corrected chi connectivity index (χ0v) is 25.3. The van der Waals surface area contributed by atoms with Crippen LogP contribution in [-0.2, 0) is 26.0 Å². The standard InChI is InChI=1S/C33H28ClN5O6/c1-19-36-32(39(40)41)16-38(19)23(14-35)9-22-11-31(42-2)33(43-17-21-5-3-4-6-27(21)34)26-15-37-8-7-20-10-29-30(45-18-44-29)13-25(20)28(37)12-24(22)26/h3-6,9-11,13,16,28H,7-8,12,15,17-18H2,1-2H3/b23-9+. The first-order chi connectivity index (χ1) is 21.8. The number of aromatic nitrogens is 2. The first-order valence-electron chi connectivity index (χ1n) is 14.4. The van der Waals surface area contributed by atoms with Crippen LogP contribution >= 0.6 is 11.6 Å². The molecular weight excluding hydrogens is 598 g/mol. The molecule has 4 aromatic rings. The van der Waals surface area contributed by atoms with Crippen LogP contribution in [0.4, 0.5) is 5.82 Å². The minimum atomic E-state index is -0.574. The number of ether oxygens (including phenoxy) is 4. The smallest absolute Gasteiger partial charge is 0.382 e. The molecule has 3 aliphatic heterocycles. The molecule has 228 valence electrons. The van der Waals surface area contributed by atoms with Crippen molar-refractivity contribution in [3.8, 4) is 29.1 Å². The zero-order valence-electron chi connectivity index (χ0n) is 24.6. The van der Waals surface area contributed by atoms with E-state index in [0.29, 0.717) is 35.3 Å². The molecule has 0 radical (unpaired) electrons. The van der Waals surface area contributed by atoms with E-state index < -0.39 is 4.92 Å². The van der Waals surface area contributed by atoms with Crippen molar-refractivity contribution in [3.05, 3.63) is 103 Å². The molecule has 7 rings (SSSR count). The summed E-state index contributed by atoms with van der Waals surface area (Å²) >= 11 is 6.45. The van der Waals surface area contributed by atoms with E-state index in [1.165, 1.54) is 21.9 Å². The summed E-state index contributed by atoms with van der Waals surface area (Å²) in [5.41, 5.74) is 6.16. The van der Waals surface area contributed by atoms with E-state index in [2.05, 4.69) is 28.1 Å². The van der Waals surface area contributed by atoms with Gasteiger partial charge < -0.3 is 29.1 Å². The van der Waals surface area contributed by atoms with Crippen LogP contribution in [0.25, 0.3) is 11.8 Å². The topological polar surface area (TPSA) is 125 Å². The van der Waals surface area contributed by atoms with Crippen LogP contribution in [-0.4, -0.2) is 39.8 Å². The SMILES string of the molecule is COc1cc(/C=C(\C#N)n2cc([N+](=O)[O-])nc2C)c2c(c1OCc1ccccc1Cl)CN1CCc3cc4c(cc3C1C2)OCO4. The number of hydrogen-bond donors (Lipinski definition) is 0. The monoisotopic (exact) mass is 625 g/mol. The molecule has 3 aliphatic rings. The molecule has 12 heteroatoms. The number of nitriles is 1. The first kappa shape index (κ1) is 28.7. The number of nitrogens with zero attached hydrogens (tertiary/aromatic N) is 5. The quantitative estimate of drug-likeness (QED) is 0.133. The summed E-state index contributed by atoms with van der Waals surface area (Å²) in [7, 11) is 1.58. The maximum Gasteiger partial charge on any atom is 0.382 e. The summed E-state index contributed by atoms with van der Waals surface area (Å²) in [4.78, 5) is 17.3. The maximum absolute atomic E-state index is 11.4. The molecule has 0 N–H and O–H groups in total. The second-order valence-corrected chi connectivity index (χ2v) is 11.5. The van der Waals surface area contributed by atoms with Crippen molar-refractivity contribution in [2.24, 2.45) is 0 Å². The van der Waals surface area contributed by atoms with Gasteiger partial charge in [0, 0.05) is 42.2 Å². The van der Waals surface area contributed by atoms with Crippen LogP contribution in [0.5, 0.6) is 23.0 Å². The van der Waals surface area contributed by atoms with Gasteiger partial charge in [-0.3, -0.25) is 9.47 Å². The number of imidazole rings is 1. The number of hydrogen-bond acceptors (Lipinski definition) is 9. The van der Waals surface area contributed by atoms with Gasteiger partial charge in [-0.15, -0.1) is 0 Å². The van der Waals surface area contributed by atoms with Crippen molar-refractivity contribution in [2.45, 2.75) is 39.0 Å². The van der Waals surface area contributed by atoms with Crippen LogP contribution in [0.1, 0.15) is 45.2 Å². The van der Waals surface area contributed by atoms with Crippen LogP contribution in [0.2, 0.25) is 5.02 Å². The summed E-state index contributed by atoms with van der Waals surface area (Å²) in [5, 5.41) is 22.2. The van der Waals surface area contributed by atoms with Gasteiger partial charge in [-0.25, -0.2) is 0 Å². The lowest BCUT2D eigenvalue weighted by atomic mass is 9.81. The van der Waals surface area contributed by atoms with Gasteiger partial charge in [0.2, 0.25) is 12.6 Å². The maximum atomic E-state index is 11.4. The fraction of sp³-hybridized carbons (Fsp3) is 0.273. The third-order valence-electron chi connectivity index (χ3n) is 8.63. The lowest BCUT2D eigenvalue weighted by Crippen LogP contribution is -2.39. The van der Waals surface area contributed by atoms with E-state index >= 15 is 0 Å². The normalized spacial score (nSPS) is 16.8. The number of aryl methyl sites for hydroxylation is 1. The zero-order chi connectivity index (χ0) is 31.2. The first-order valence-corrected chi connectivity index (χ1v) is 14.8. The van der Waals surface area contributed by atoms with Crippen LogP contribution in [0.15, 0.2) is 48.7 Å². The molecule has 0 spiro atoms. The Labute approximate surface area is 263 Å². The van der Waals surface area contributed by atoms with E-state index in [1.807, 2.05) is 30.3 Å². The Morgan fingerprint density at radius 2 is 2.04 bits per heavy atom. The highest BCUT2D eigenvalue weighted by atomic mass is 35.5. The van der Waals surface area contributed by atoms with Gasteiger partial charge in [-0.1, -0.05) is 29.8 Å². The van der Waals surface area contributed by atoms with Gasteiger partial charge in [-0.2, -0.15) is 5.26 Å². The highest BCUT2D eigenvalue weighted by Gasteiger charge is 2.37. The van der Waals surface area contributed by atoms with Crippen LogP contribution < -0.4 is 18.9 Å². The Balaban J connectivity index is 1.36. The minimum absolute atomic E-state index is 0.0503. The number of allylic oxidation sites excluding steroid dienone is 1. The summed E-state index contributed by atoms with van der Waals surface area (Å²) in [6.45, 7) is 3.50. The Morgan fingerprint density at radius 1 is 1.24 bits per heavy atom. The lowest BCUT2D eigenvalue weighted by molar-refractivity contribution is -0.389. The summed E-state index contributed by atoms with van der Waals surface area (Å²) in [6.07, 6.45) is 4.48. The minimum Gasteiger partial charge on any atom is -0.493 e. The summed E-state index contributed by atoms with van der Waals surface area (Å²) in [5.74, 6) is 2.64. The molecule has 11 nitrogen and oxygen atoms in total. The molecule has 1 aromatic heterocycles. The molecule has 3 aromatic carbocycles. The molecule has 45 heavy (non-hydrogen) atoms. The number of rotatable bonds is 7. The predicted octanol–water partition coefficient (Wildman–Crippen LogP) is 6.25. The summed E-state index contributed by atoms with van der Waals surface area (Å²) in [6, 6.07) is 15.8. The highest BCUT2D eigenvalue weighted by Crippen LogP contribution is 2.48. The van der Waals surface area contributed by atoms with Gasteiger partial charge >= 0.3 is 5.82 Å². The van der Waals surface area contributed by atoms with Crippen molar-refractivity contribution in [2.75, 3.05) is 20.4 Å². The van der Waals surface area contributed by atoms with Crippen LogP contribution in [0, 0.1) is 28.4 Å². The van der Waals surface area contributed by atoms with Crippen molar-refractivity contribution in [1.29, 1.82) is 5.26 Å². The van der Waals surface area contributed by atoms with Crippen molar-refractivity contribution < 1.29 is 23.9 Å². The predicted molar refractivity (Wildman–Crippen MR) is 165 cm³/mol. The average Bonchev–Trinajstić information content (AvgIpc) is 3.67. The van der Waals surface area contributed by atoms with Crippen molar-refractivity contribution in [3.63, 3.8) is 0 Å². The van der Waals surface area contributed by atoms with Gasteiger partial charge in [0.1, 0.15) is 24.6 Å². The van der Waals surface area contributed by atoms with E-state index in [4.69, 9.17) is 30.5 Å². The molecule has 0 saturated heterocycles. The molecule has 0 bridgehead atoms. The molecule has 4 heterocycles. The van der Waals surface area contributed by atoms with Crippen molar-refractivity contribution >= 4 is 29.2 Å². The average molecular weight is 626 g/mol. The highest BCUT2D eigenvalue weighted by molar-refractivity contribution is 6.31. The molecule has 1 unspecified atom stereocenters. The molecule has 1 atom stereocenters.